The Kier molecular flexibility index (Phi) is 5.18. The number of hydrogen-bond acceptors (Lipinski definition) is 4. The second-order valence-corrected chi connectivity index (χ2v) is 7.75. The van der Waals surface area contributed by atoms with Crippen LogP contribution in [0.3, 0.4) is 0 Å². The smallest absolute Gasteiger partial charge is 0.245 e. The summed E-state index contributed by atoms with van der Waals surface area (Å²) < 4.78 is 29.5. The highest BCUT2D eigenvalue weighted by atomic mass is 32.2. The minimum Gasteiger partial charge on any atom is -0.271 e. The largest absolute Gasteiger partial charge is 0.271 e. The molecule has 1 N–H and O–H groups in total. The predicted molar refractivity (Wildman–Crippen MR) is 81.1 cm³/mol. The van der Waals surface area contributed by atoms with E-state index < -0.39 is 21.5 Å². The van der Waals surface area contributed by atoms with Gasteiger partial charge in [0.25, 0.3) is 0 Å². The summed E-state index contributed by atoms with van der Waals surface area (Å²) >= 11 is 0. The van der Waals surface area contributed by atoms with Crippen molar-refractivity contribution < 1.29 is 8.42 Å². The summed E-state index contributed by atoms with van der Waals surface area (Å²) in [5.41, 5.74) is 0.709. The van der Waals surface area contributed by atoms with Crippen LogP contribution in [0.5, 0.6) is 0 Å². The first-order chi connectivity index (χ1) is 9.58. The lowest BCUT2D eigenvalue weighted by Gasteiger charge is -2.25. The highest BCUT2D eigenvalue weighted by molar-refractivity contribution is 7.89. The molecule has 1 aromatic heterocycles. The van der Waals surface area contributed by atoms with Gasteiger partial charge in [0, 0.05) is 7.05 Å². The molecule has 0 fully saturated rings. The van der Waals surface area contributed by atoms with Gasteiger partial charge in [-0.05, 0) is 18.3 Å². The molecule has 0 radical (unpaired) electrons. The van der Waals surface area contributed by atoms with E-state index in [-0.39, 0.29) is 4.90 Å². The standard InChI is InChI=1S/C14H24N4O2S/c1-7-10-13(11(8-2)18(6)16-10)21(19,20)17-12(9-15)14(3,4)5/h12,17H,7-8H2,1-6H3/t12-/m1/s1. The normalized spacial score (nSPS) is 14.0. The van der Waals surface area contributed by atoms with Crippen molar-refractivity contribution in [2.24, 2.45) is 12.5 Å². The van der Waals surface area contributed by atoms with E-state index in [1.54, 1.807) is 11.7 Å². The number of nitriles is 1. The van der Waals surface area contributed by atoms with Gasteiger partial charge in [0.1, 0.15) is 10.9 Å². The van der Waals surface area contributed by atoms with Gasteiger partial charge in [0.15, 0.2) is 0 Å². The number of hydrogen-bond donors (Lipinski definition) is 1. The molecule has 21 heavy (non-hydrogen) atoms. The molecule has 0 saturated heterocycles. The maximum atomic E-state index is 12.7. The minimum atomic E-state index is -3.78. The van der Waals surface area contributed by atoms with E-state index in [4.69, 9.17) is 0 Å². The lowest BCUT2D eigenvalue weighted by atomic mass is 9.88. The van der Waals surface area contributed by atoms with Crippen molar-refractivity contribution in [2.45, 2.75) is 58.4 Å². The molecule has 1 aromatic rings. The Hall–Kier alpha value is -1.39. The second kappa shape index (κ2) is 6.16. The molecule has 0 aliphatic rings. The monoisotopic (exact) mass is 312 g/mol. The van der Waals surface area contributed by atoms with Crippen molar-refractivity contribution in [3.8, 4) is 6.07 Å². The number of sulfonamides is 1. The highest BCUT2D eigenvalue weighted by Gasteiger charge is 2.33. The fourth-order valence-corrected chi connectivity index (χ4v) is 4.06. The van der Waals surface area contributed by atoms with E-state index in [9.17, 15) is 13.7 Å². The van der Waals surface area contributed by atoms with Crippen LogP contribution in [-0.2, 0) is 29.9 Å². The fourth-order valence-electron chi connectivity index (χ4n) is 2.14. The summed E-state index contributed by atoms with van der Waals surface area (Å²) in [6.45, 7) is 9.24. The minimum absolute atomic E-state index is 0.222. The zero-order valence-corrected chi connectivity index (χ0v) is 14.4. The van der Waals surface area contributed by atoms with Gasteiger partial charge in [-0.3, -0.25) is 4.68 Å². The Labute approximate surface area is 127 Å². The van der Waals surface area contributed by atoms with Gasteiger partial charge in [0.2, 0.25) is 10.0 Å². The van der Waals surface area contributed by atoms with E-state index in [0.29, 0.717) is 24.2 Å². The molecule has 7 heteroatoms. The van der Waals surface area contributed by atoms with Crippen molar-refractivity contribution in [1.82, 2.24) is 14.5 Å². The molecule has 1 rings (SSSR count). The fraction of sp³-hybridized carbons (Fsp3) is 0.714. The summed E-state index contributed by atoms with van der Waals surface area (Å²) in [4.78, 5) is 0.222. The van der Waals surface area contributed by atoms with Crippen LogP contribution in [-0.4, -0.2) is 24.2 Å². The zero-order chi connectivity index (χ0) is 16.4. The van der Waals surface area contributed by atoms with Crippen molar-refractivity contribution in [3.63, 3.8) is 0 Å². The third-order valence-corrected chi connectivity index (χ3v) is 4.95. The van der Waals surface area contributed by atoms with Crippen molar-refractivity contribution in [3.05, 3.63) is 11.4 Å². The van der Waals surface area contributed by atoms with Gasteiger partial charge in [-0.25, -0.2) is 8.42 Å². The first-order valence-corrected chi connectivity index (χ1v) is 8.53. The third-order valence-electron chi connectivity index (χ3n) is 3.39. The topological polar surface area (TPSA) is 87.8 Å². The van der Waals surface area contributed by atoms with Gasteiger partial charge in [-0.2, -0.15) is 15.1 Å². The van der Waals surface area contributed by atoms with Crippen LogP contribution in [0.25, 0.3) is 0 Å². The molecule has 0 aliphatic heterocycles. The predicted octanol–water partition coefficient (Wildman–Crippen LogP) is 1.76. The zero-order valence-electron chi connectivity index (χ0n) is 13.6. The Morgan fingerprint density at radius 3 is 2.29 bits per heavy atom. The van der Waals surface area contributed by atoms with Gasteiger partial charge in [0.05, 0.1) is 17.5 Å². The Bertz CT molecular complexity index is 648. The Morgan fingerprint density at radius 1 is 1.33 bits per heavy atom. The number of rotatable bonds is 5. The van der Waals surface area contributed by atoms with Crippen LogP contribution in [0.15, 0.2) is 4.90 Å². The van der Waals surface area contributed by atoms with E-state index in [0.717, 1.165) is 0 Å². The first-order valence-electron chi connectivity index (χ1n) is 7.05. The van der Waals surface area contributed by atoms with Crippen LogP contribution >= 0.6 is 0 Å². The number of aryl methyl sites for hydroxylation is 2. The van der Waals surface area contributed by atoms with Crippen LogP contribution in [0.4, 0.5) is 0 Å². The van der Waals surface area contributed by atoms with Crippen molar-refractivity contribution >= 4 is 10.0 Å². The molecule has 0 aromatic carbocycles. The molecule has 0 saturated carbocycles. The van der Waals surface area contributed by atoms with Crippen LogP contribution < -0.4 is 4.72 Å². The van der Waals surface area contributed by atoms with E-state index in [1.807, 2.05) is 40.7 Å². The van der Waals surface area contributed by atoms with E-state index in [2.05, 4.69) is 9.82 Å². The molecule has 0 spiro atoms. The average Bonchev–Trinajstić information content (AvgIpc) is 2.71. The van der Waals surface area contributed by atoms with Gasteiger partial charge >= 0.3 is 0 Å². The van der Waals surface area contributed by atoms with Crippen LogP contribution in [0, 0.1) is 16.7 Å². The summed E-state index contributed by atoms with van der Waals surface area (Å²) in [7, 11) is -2.04. The third kappa shape index (κ3) is 3.63. The molecular weight excluding hydrogens is 288 g/mol. The number of nitrogens with one attached hydrogen (secondary N) is 1. The van der Waals surface area contributed by atoms with Gasteiger partial charge < -0.3 is 0 Å². The van der Waals surface area contributed by atoms with Crippen molar-refractivity contribution in [1.29, 1.82) is 5.26 Å². The Morgan fingerprint density at radius 2 is 1.90 bits per heavy atom. The SMILES string of the molecule is CCc1nn(C)c(CC)c1S(=O)(=O)N[C@H](C#N)C(C)(C)C. The summed E-state index contributed by atoms with van der Waals surface area (Å²) in [6.07, 6.45) is 1.09. The average molecular weight is 312 g/mol. The second-order valence-electron chi connectivity index (χ2n) is 6.10. The maximum absolute atomic E-state index is 12.7. The van der Waals surface area contributed by atoms with E-state index in [1.165, 1.54) is 0 Å². The quantitative estimate of drug-likeness (QED) is 0.897. The molecule has 0 aliphatic carbocycles. The summed E-state index contributed by atoms with van der Waals surface area (Å²) in [5.74, 6) is 0. The van der Waals surface area contributed by atoms with Gasteiger partial charge in [-0.15, -0.1) is 0 Å². The number of aromatic nitrogens is 2. The molecule has 118 valence electrons. The number of nitrogens with zero attached hydrogens (tertiary/aromatic N) is 3. The molecule has 0 amide bonds. The molecule has 0 unspecified atom stereocenters. The van der Waals surface area contributed by atoms with Crippen LogP contribution in [0.2, 0.25) is 0 Å². The van der Waals surface area contributed by atoms with E-state index >= 15 is 0 Å². The molecule has 1 heterocycles. The summed E-state index contributed by atoms with van der Waals surface area (Å²) in [6, 6.07) is 1.24. The highest BCUT2D eigenvalue weighted by Crippen LogP contribution is 2.25. The molecule has 1 atom stereocenters. The van der Waals surface area contributed by atoms with Gasteiger partial charge in [-0.1, -0.05) is 34.6 Å². The Balaban J connectivity index is 3.36. The van der Waals surface area contributed by atoms with Crippen molar-refractivity contribution in [2.75, 3.05) is 0 Å². The lowest BCUT2D eigenvalue weighted by Crippen LogP contribution is -2.43. The summed E-state index contributed by atoms with van der Waals surface area (Å²) in [5, 5.41) is 13.5. The molecular formula is C14H24N4O2S. The first kappa shape index (κ1) is 17.7. The molecule has 6 nitrogen and oxygen atoms in total. The molecule has 0 bridgehead atoms. The van der Waals surface area contributed by atoms with Crippen LogP contribution in [0.1, 0.15) is 46.0 Å². The lowest BCUT2D eigenvalue weighted by molar-refractivity contribution is 0.350. The maximum Gasteiger partial charge on any atom is 0.245 e.